The van der Waals surface area contributed by atoms with Crippen molar-refractivity contribution in [3.8, 4) is 5.69 Å². The Kier molecular flexibility index (Phi) is 7.13. The van der Waals surface area contributed by atoms with Crippen molar-refractivity contribution in [2.45, 2.75) is 44.0 Å². The molecular weight excluding hydrogens is 367 g/mol. The summed E-state index contributed by atoms with van der Waals surface area (Å²) in [5, 5.41) is 4.03. The molecule has 0 radical (unpaired) electrons. The number of sulfonamides is 1. The zero-order valence-electron chi connectivity index (χ0n) is 14.5. The smallest absolute Gasteiger partial charge is 0.241 e. The summed E-state index contributed by atoms with van der Waals surface area (Å²) in [6.07, 6.45) is 4.36. The van der Waals surface area contributed by atoms with Gasteiger partial charge < -0.3 is 5.73 Å². The highest BCUT2D eigenvalue weighted by atomic mass is 35.5. The quantitative estimate of drug-likeness (QED) is 0.760. The number of rotatable bonds is 7. The van der Waals surface area contributed by atoms with E-state index in [1.807, 2.05) is 20.8 Å². The summed E-state index contributed by atoms with van der Waals surface area (Å²) in [4.78, 5) is -0.132. The Morgan fingerprint density at radius 1 is 1.32 bits per heavy atom. The van der Waals surface area contributed by atoms with E-state index in [0.717, 1.165) is 11.6 Å². The lowest BCUT2D eigenvalue weighted by Crippen LogP contribution is -2.52. The van der Waals surface area contributed by atoms with Crippen molar-refractivity contribution in [1.29, 1.82) is 0 Å². The van der Waals surface area contributed by atoms with Gasteiger partial charge in [-0.05, 0) is 43.5 Å². The SMILES string of the molecule is CCC(CC)(CN)NS(=O)(=O)c1ccc(-n2cc(C)cn2)c(F)c1.Cl. The monoisotopic (exact) mass is 390 g/mol. The molecule has 25 heavy (non-hydrogen) atoms. The third kappa shape index (κ3) is 4.58. The maximum absolute atomic E-state index is 14.4. The fourth-order valence-electron chi connectivity index (χ4n) is 2.45. The normalized spacial score (nSPS) is 12.0. The Morgan fingerprint density at radius 3 is 2.40 bits per heavy atom. The van der Waals surface area contributed by atoms with Crippen LogP contribution in [0.15, 0.2) is 35.5 Å². The van der Waals surface area contributed by atoms with E-state index in [1.54, 1.807) is 12.4 Å². The first-order valence-corrected chi connectivity index (χ1v) is 9.30. The molecule has 0 aliphatic carbocycles. The van der Waals surface area contributed by atoms with Gasteiger partial charge in [0.15, 0.2) is 0 Å². The molecule has 1 aromatic heterocycles. The number of nitrogens with zero attached hydrogens (tertiary/aromatic N) is 2. The molecule has 0 bridgehead atoms. The standard InChI is InChI=1S/C16H23FN4O2S.ClH/c1-4-16(5-2,11-18)20-24(22,23)13-6-7-15(14(17)8-13)21-10-12(3)9-19-21;/h6-10,20H,4-5,11,18H2,1-3H3;1H. The second-order valence-electron chi connectivity index (χ2n) is 5.87. The van der Waals surface area contributed by atoms with E-state index in [4.69, 9.17) is 5.73 Å². The number of hydrogen-bond donors (Lipinski definition) is 2. The van der Waals surface area contributed by atoms with Gasteiger partial charge in [-0.25, -0.2) is 22.2 Å². The number of nitrogens with one attached hydrogen (secondary N) is 1. The van der Waals surface area contributed by atoms with E-state index in [1.165, 1.54) is 16.8 Å². The summed E-state index contributed by atoms with van der Waals surface area (Å²) in [6, 6.07) is 3.77. The third-order valence-corrected chi connectivity index (χ3v) is 5.86. The van der Waals surface area contributed by atoms with Crippen LogP contribution in [0.4, 0.5) is 4.39 Å². The van der Waals surface area contributed by atoms with Crippen LogP contribution < -0.4 is 10.5 Å². The average molecular weight is 391 g/mol. The second kappa shape index (κ2) is 8.27. The van der Waals surface area contributed by atoms with Gasteiger partial charge in [-0.3, -0.25) is 0 Å². The van der Waals surface area contributed by atoms with Crippen molar-refractivity contribution in [2.24, 2.45) is 5.73 Å². The summed E-state index contributed by atoms with van der Waals surface area (Å²) in [6.45, 7) is 5.74. The molecule has 2 aromatic rings. The van der Waals surface area contributed by atoms with E-state index in [0.29, 0.717) is 12.8 Å². The molecule has 0 amide bonds. The van der Waals surface area contributed by atoms with E-state index in [2.05, 4.69) is 9.82 Å². The maximum atomic E-state index is 14.4. The van der Waals surface area contributed by atoms with Crippen LogP contribution in [0.2, 0.25) is 0 Å². The third-order valence-electron chi connectivity index (χ3n) is 4.28. The first kappa shape index (κ1) is 21.6. The minimum absolute atomic E-state index is 0. The summed E-state index contributed by atoms with van der Waals surface area (Å²) < 4.78 is 43.5. The Bertz CT molecular complexity index is 811. The molecule has 0 unspecified atom stereocenters. The lowest BCUT2D eigenvalue weighted by molar-refractivity contribution is 0.363. The van der Waals surface area contributed by atoms with Gasteiger partial charge in [0.1, 0.15) is 11.5 Å². The van der Waals surface area contributed by atoms with E-state index in [9.17, 15) is 12.8 Å². The van der Waals surface area contributed by atoms with E-state index >= 15 is 0 Å². The number of aryl methyl sites for hydroxylation is 1. The van der Waals surface area contributed by atoms with Gasteiger partial charge in [0.2, 0.25) is 10.0 Å². The summed E-state index contributed by atoms with van der Waals surface area (Å²) in [5.41, 5.74) is 6.08. The number of nitrogens with two attached hydrogens (primary N) is 1. The van der Waals surface area contributed by atoms with Gasteiger partial charge in [-0.2, -0.15) is 5.10 Å². The van der Waals surface area contributed by atoms with Gasteiger partial charge in [0, 0.05) is 18.3 Å². The molecule has 6 nitrogen and oxygen atoms in total. The Balaban J connectivity index is 0.00000312. The van der Waals surface area contributed by atoms with Crippen LogP contribution in [0, 0.1) is 12.7 Å². The highest BCUT2D eigenvalue weighted by Gasteiger charge is 2.31. The fraction of sp³-hybridized carbons (Fsp3) is 0.438. The van der Waals surface area contributed by atoms with Crippen molar-refractivity contribution in [3.63, 3.8) is 0 Å². The highest BCUT2D eigenvalue weighted by molar-refractivity contribution is 7.89. The van der Waals surface area contributed by atoms with Gasteiger partial charge >= 0.3 is 0 Å². The maximum Gasteiger partial charge on any atom is 0.241 e. The average Bonchev–Trinajstić information content (AvgIpc) is 2.99. The number of hydrogen-bond acceptors (Lipinski definition) is 4. The molecule has 1 aromatic carbocycles. The van der Waals surface area contributed by atoms with Crippen molar-refractivity contribution >= 4 is 22.4 Å². The molecule has 2 rings (SSSR count). The summed E-state index contributed by atoms with van der Waals surface area (Å²) in [7, 11) is -3.87. The van der Waals surface area contributed by atoms with Gasteiger partial charge in [-0.15, -0.1) is 12.4 Å². The van der Waals surface area contributed by atoms with Crippen LogP contribution in [0.1, 0.15) is 32.3 Å². The summed E-state index contributed by atoms with van der Waals surface area (Å²) >= 11 is 0. The van der Waals surface area contributed by atoms with E-state index in [-0.39, 0.29) is 29.5 Å². The predicted molar refractivity (Wildman–Crippen MR) is 98.2 cm³/mol. The molecule has 3 N–H and O–H groups in total. The Labute approximate surface area is 154 Å². The fourth-order valence-corrected chi connectivity index (χ4v) is 4.02. The largest absolute Gasteiger partial charge is 0.329 e. The van der Waals surface area contributed by atoms with Crippen molar-refractivity contribution in [2.75, 3.05) is 6.54 Å². The van der Waals surface area contributed by atoms with Gasteiger partial charge in [0.25, 0.3) is 0 Å². The highest BCUT2D eigenvalue weighted by Crippen LogP contribution is 2.22. The van der Waals surface area contributed by atoms with Crippen LogP contribution in [0.5, 0.6) is 0 Å². The molecule has 140 valence electrons. The molecule has 0 atom stereocenters. The minimum Gasteiger partial charge on any atom is -0.329 e. The summed E-state index contributed by atoms with van der Waals surface area (Å²) in [5.74, 6) is -0.660. The number of halogens is 2. The minimum atomic E-state index is -3.87. The van der Waals surface area contributed by atoms with Crippen molar-refractivity contribution < 1.29 is 12.8 Å². The topological polar surface area (TPSA) is 90.0 Å². The number of benzene rings is 1. The predicted octanol–water partition coefficient (Wildman–Crippen LogP) is 2.54. The Hall–Kier alpha value is -1.48. The lowest BCUT2D eigenvalue weighted by Gasteiger charge is -2.31. The molecule has 0 saturated carbocycles. The molecule has 1 heterocycles. The first-order chi connectivity index (χ1) is 11.3. The first-order valence-electron chi connectivity index (χ1n) is 7.82. The molecule has 0 aliphatic rings. The molecule has 9 heteroatoms. The lowest BCUT2D eigenvalue weighted by atomic mass is 9.95. The van der Waals surface area contributed by atoms with Gasteiger partial charge in [0.05, 0.1) is 11.1 Å². The molecule has 0 saturated heterocycles. The Morgan fingerprint density at radius 2 is 1.96 bits per heavy atom. The van der Waals surface area contributed by atoms with Crippen LogP contribution in [-0.2, 0) is 10.0 Å². The van der Waals surface area contributed by atoms with Crippen LogP contribution in [-0.4, -0.2) is 30.3 Å². The van der Waals surface area contributed by atoms with Crippen LogP contribution in [0.3, 0.4) is 0 Å². The van der Waals surface area contributed by atoms with E-state index < -0.39 is 21.4 Å². The molecule has 0 aliphatic heterocycles. The second-order valence-corrected chi connectivity index (χ2v) is 7.55. The van der Waals surface area contributed by atoms with Crippen molar-refractivity contribution in [1.82, 2.24) is 14.5 Å². The van der Waals surface area contributed by atoms with Crippen LogP contribution in [0.25, 0.3) is 5.69 Å². The van der Waals surface area contributed by atoms with Crippen LogP contribution >= 0.6 is 12.4 Å². The molecule has 0 fully saturated rings. The zero-order valence-corrected chi connectivity index (χ0v) is 16.1. The molecular formula is C16H24ClFN4O2S. The zero-order chi connectivity index (χ0) is 18.0. The van der Waals surface area contributed by atoms with Gasteiger partial charge in [-0.1, -0.05) is 13.8 Å². The molecule has 0 spiro atoms. The number of aromatic nitrogens is 2. The van der Waals surface area contributed by atoms with Crippen molar-refractivity contribution in [3.05, 3.63) is 42.0 Å².